The number of amides is 1. The first-order valence-corrected chi connectivity index (χ1v) is 8.54. The summed E-state index contributed by atoms with van der Waals surface area (Å²) in [6.45, 7) is 0.957. The van der Waals surface area contributed by atoms with Crippen molar-refractivity contribution in [2.45, 2.75) is 18.4 Å². The Kier molecular flexibility index (Phi) is 5.42. The summed E-state index contributed by atoms with van der Waals surface area (Å²) >= 11 is 0. The van der Waals surface area contributed by atoms with Crippen molar-refractivity contribution in [3.05, 3.63) is 59.9 Å². The molecule has 3 rings (SSSR count). The van der Waals surface area contributed by atoms with Crippen molar-refractivity contribution in [2.24, 2.45) is 0 Å². The number of hydrogen-bond donors (Lipinski definition) is 1. The van der Waals surface area contributed by atoms with Crippen LogP contribution in [-0.2, 0) is 0 Å². The first-order valence-electron chi connectivity index (χ1n) is 8.54. The van der Waals surface area contributed by atoms with Crippen LogP contribution in [0.3, 0.4) is 0 Å². The van der Waals surface area contributed by atoms with E-state index < -0.39 is 11.4 Å². The maximum Gasteiger partial charge on any atom is 0.253 e. The third-order valence-corrected chi connectivity index (χ3v) is 4.63. The molecule has 0 unspecified atom stereocenters. The van der Waals surface area contributed by atoms with Gasteiger partial charge in [0.05, 0.1) is 7.11 Å². The topological polar surface area (TPSA) is 59.0 Å². The highest BCUT2D eigenvalue weighted by Gasteiger charge is 2.35. The standard InChI is InChI=1S/C20H22FNO4/c1-25-18-8-7-15(13-17(18)21)19(23)22-11-9-20(24,10-12-22)14-26-16-5-3-2-4-6-16/h2-8,13,24H,9-12,14H2,1H3. The number of ether oxygens (including phenoxy) is 2. The van der Waals surface area contributed by atoms with E-state index in [-0.39, 0.29) is 23.8 Å². The van der Waals surface area contributed by atoms with Crippen LogP contribution in [0.1, 0.15) is 23.2 Å². The number of halogens is 1. The molecule has 0 spiro atoms. The zero-order chi connectivity index (χ0) is 18.6. The number of aliphatic hydroxyl groups is 1. The van der Waals surface area contributed by atoms with E-state index in [1.54, 1.807) is 11.0 Å². The molecule has 1 heterocycles. The van der Waals surface area contributed by atoms with Gasteiger partial charge >= 0.3 is 0 Å². The lowest BCUT2D eigenvalue weighted by Crippen LogP contribution is -2.49. The maximum atomic E-state index is 13.8. The van der Waals surface area contributed by atoms with E-state index in [9.17, 15) is 14.3 Å². The highest BCUT2D eigenvalue weighted by Crippen LogP contribution is 2.26. The summed E-state index contributed by atoms with van der Waals surface area (Å²) in [4.78, 5) is 14.2. The minimum atomic E-state index is -0.974. The molecule has 2 aromatic rings. The lowest BCUT2D eigenvalue weighted by Gasteiger charge is -2.38. The van der Waals surface area contributed by atoms with Gasteiger partial charge in [-0.3, -0.25) is 4.79 Å². The summed E-state index contributed by atoms with van der Waals surface area (Å²) in [6.07, 6.45) is 0.814. The third kappa shape index (κ3) is 4.14. The van der Waals surface area contributed by atoms with Crippen LogP contribution in [0, 0.1) is 5.82 Å². The lowest BCUT2D eigenvalue weighted by atomic mass is 9.92. The van der Waals surface area contributed by atoms with Crippen molar-refractivity contribution in [3.63, 3.8) is 0 Å². The molecule has 0 aromatic heterocycles. The minimum Gasteiger partial charge on any atom is -0.494 e. The predicted octanol–water partition coefficient (Wildman–Crippen LogP) is 2.88. The molecule has 1 aliphatic heterocycles. The van der Waals surface area contributed by atoms with Gasteiger partial charge in [-0.25, -0.2) is 4.39 Å². The Balaban J connectivity index is 1.57. The second-order valence-corrected chi connectivity index (χ2v) is 6.47. The zero-order valence-corrected chi connectivity index (χ0v) is 14.7. The van der Waals surface area contributed by atoms with Gasteiger partial charge in [-0.05, 0) is 43.2 Å². The number of likely N-dealkylation sites (tertiary alicyclic amines) is 1. The largest absolute Gasteiger partial charge is 0.494 e. The second kappa shape index (κ2) is 7.74. The summed E-state index contributed by atoms with van der Waals surface area (Å²) < 4.78 is 24.3. The van der Waals surface area contributed by atoms with E-state index in [1.165, 1.54) is 19.2 Å². The van der Waals surface area contributed by atoms with Gasteiger partial charge in [0.2, 0.25) is 0 Å². The Labute approximate surface area is 152 Å². The van der Waals surface area contributed by atoms with Crippen molar-refractivity contribution in [1.82, 2.24) is 4.90 Å². The van der Waals surface area contributed by atoms with Crippen LogP contribution in [0.5, 0.6) is 11.5 Å². The van der Waals surface area contributed by atoms with Gasteiger partial charge in [0.1, 0.15) is 18.0 Å². The van der Waals surface area contributed by atoms with Crippen LogP contribution in [0.15, 0.2) is 48.5 Å². The van der Waals surface area contributed by atoms with Crippen LogP contribution in [0.25, 0.3) is 0 Å². The number of hydrogen-bond acceptors (Lipinski definition) is 4. The summed E-state index contributed by atoms with van der Waals surface area (Å²) in [6, 6.07) is 13.5. The number of benzene rings is 2. The summed E-state index contributed by atoms with van der Waals surface area (Å²) in [7, 11) is 1.38. The van der Waals surface area contributed by atoms with E-state index >= 15 is 0 Å². The molecule has 2 aromatic carbocycles. The number of nitrogens with zero attached hydrogens (tertiary/aromatic N) is 1. The fourth-order valence-corrected chi connectivity index (χ4v) is 2.99. The normalized spacial score (nSPS) is 16.2. The highest BCUT2D eigenvalue weighted by molar-refractivity contribution is 5.94. The van der Waals surface area contributed by atoms with E-state index in [2.05, 4.69) is 0 Å². The maximum absolute atomic E-state index is 13.8. The molecule has 6 heteroatoms. The quantitative estimate of drug-likeness (QED) is 0.892. The monoisotopic (exact) mass is 359 g/mol. The molecule has 0 saturated carbocycles. The van der Waals surface area contributed by atoms with Gasteiger partial charge in [0.25, 0.3) is 5.91 Å². The first kappa shape index (κ1) is 18.2. The molecular weight excluding hydrogens is 337 g/mol. The van der Waals surface area contributed by atoms with Crippen molar-refractivity contribution < 1.29 is 23.8 Å². The van der Waals surface area contributed by atoms with Gasteiger partial charge in [0, 0.05) is 18.7 Å². The molecule has 0 atom stereocenters. The number of carbonyl (C=O) groups is 1. The Morgan fingerprint density at radius 3 is 2.50 bits per heavy atom. The average Bonchev–Trinajstić information content (AvgIpc) is 2.67. The Hall–Kier alpha value is -2.60. The fraction of sp³-hybridized carbons (Fsp3) is 0.350. The number of carbonyl (C=O) groups excluding carboxylic acids is 1. The van der Waals surface area contributed by atoms with E-state index in [0.29, 0.717) is 31.7 Å². The summed E-state index contributed by atoms with van der Waals surface area (Å²) in [5.41, 5.74) is -0.702. The third-order valence-electron chi connectivity index (χ3n) is 4.63. The number of methoxy groups -OCH3 is 1. The molecule has 1 saturated heterocycles. The Morgan fingerprint density at radius 1 is 1.19 bits per heavy atom. The van der Waals surface area contributed by atoms with Crippen LogP contribution in [-0.4, -0.2) is 48.3 Å². The van der Waals surface area contributed by atoms with Gasteiger partial charge in [-0.1, -0.05) is 18.2 Å². The molecule has 0 bridgehead atoms. The van der Waals surface area contributed by atoms with Crippen LogP contribution >= 0.6 is 0 Å². The van der Waals surface area contributed by atoms with E-state index in [0.717, 1.165) is 0 Å². The molecule has 0 aliphatic carbocycles. The first-order chi connectivity index (χ1) is 12.5. The molecular formula is C20H22FNO4. The smallest absolute Gasteiger partial charge is 0.253 e. The number of piperidine rings is 1. The zero-order valence-electron chi connectivity index (χ0n) is 14.7. The molecule has 1 fully saturated rings. The Morgan fingerprint density at radius 2 is 1.88 bits per heavy atom. The molecule has 5 nitrogen and oxygen atoms in total. The number of rotatable bonds is 5. The van der Waals surface area contributed by atoms with E-state index in [1.807, 2.05) is 30.3 Å². The molecule has 26 heavy (non-hydrogen) atoms. The lowest BCUT2D eigenvalue weighted by molar-refractivity contribution is -0.0475. The fourth-order valence-electron chi connectivity index (χ4n) is 2.99. The molecule has 138 valence electrons. The average molecular weight is 359 g/mol. The van der Waals surface area contributed by atoms with Gasteiger partial charge in [-0.2, -0.15) is 0 Å². The van der Waals surface area contributed by atoms with Gasteiger partial charge in [0.15, 0.2) is 11.6 Å². The number of para-hydroxylation sites is 1. The minimum absolute atomic E-state index is 0.104. The van der Waals surface area contributed by atoms with Crippen LogP contribution < -0.4 is 9.47 Å². The van der Waals surface area contributed by atoms with Gasteiger partial charge in [-0.15, -0.1) is 0 Å². The van der Waals surface area contributed by atoms with Crippen molar-refractivity contribution >= 4 is 5.91 Å². The van der Waals surface area contributed by atoms with Gasteiger partial charge < -0.3 is 19.5 Å². The summed E-state index contributed by atoms with van der Waals surface area (Å²) in [5.74, 6) is -0.0125. The summed E-state index contributed by atoms with van der Waals surface area (Å²) in [5, 5.41) is 10.7. The van der Waals surface area contributed by atoms with Crippen molar-refractivity contribution in [2.75, 3.05) is 26.8 Å². The SMILES string of the molecule is COc1ccc(C(=O)N2CCC(O)(COc3ccccc3)CC2)cc1F. The van der Waals surface area contributed by atoms with Crippen LogP contribution in [0.2, 0.25) is 0 Å². The Bertz CT molecular complexity index is 758. The van der Waals surface area contributed by atoms with Crippen molar-refractivity contribution in [1.29, 1.82) is 0 Å². The molecule has 1 aliphatic rings. The predicted molar refractivity (Wildman–Crippen MR) is 95.0 cm³/mol. The molecule has 0 radical (unpaired) electrons. The van der Waals surface area contributed by atoms with Crippen molar-refractivity contribution in [3.8, 4) is 11.5 Å². The highest BCUT2D eigenvalue weighted by atomic mass is 19.1. The van der Waals surface area contributed by atoms with E-state index in [4.69, 9.17) is 9.47 Å². The molecule has 1 amide bonds. The molecule has 1 N–H and O–H groups in total. The second-order valence-electron chi connectivity index (χ2n) is 6.47. The van der Waals surface area contributed by atoms with Crippen LogP contribution in [0.4, 0.5) is 4.39 Å².